The summed E-state index contributed by atoms with van der Waals surface area (Å²) in [5, 5.41) is 3.48. The van der Waals surface area contributed by atoms with Crippen molar-refractivity contribution in [2.24, 2.45) is 0 Å². The number of sulfonamides is 1. The van der Waals surface area contributed by atoms with Crippen LogP contribution in [0.15, 0.2) is 90.0 Å². The second-order valence-electron chi connectivity index (χ2n) is 9.31. The molecule has 4 N–H and O–H groups in total. The molecule has 0 radical (unpaired) electrons. The van der Waals surface area contributed by atoms with Crippen molar-refractivity contribution in [3.63, 3.8) is 0 Å². The van der Waals surface area contributed by atoms with Crippen LogP contribution in [0.25, 0.3) is 33.2 Å². The van der Waals surface area contributed by atoms with Crippen molar-refractivity contribution in [3.05, 3.63) is 90.6 Å². The van der Waals surface area contributed by atoms with Crippen LogP contribution < -0.4 is 25.2 Å². The molecule has 6 bridgehead atoms. The van der Waals surface area contributed by atoms with Crippen molar-refractivity contribution in [1.29, 1.82) is 0 Å². The number of aromatic nitrogens is 2. The molecule has 0 fully saturated rings. The number of hydrogen-bond acceptors (Lipinski definition) is 8. The van der Waals surface area contributed by atoms with Crippen molar-refractivity contribution >= 4 is 38.3 Å². The van der Waals surface area contributed by atoms with E-state index in [2.05, 4.69) is 20.0 Å². The summed E-state index contributed by atoms with van der Waals surface area (Å²) < 4.78 is 40.7. The van der Waals surface area contributed by atoms with E-state index in [1.165, 1.54) is 19.4 Å². The molecule has 3 aromatic carbocycles. The highest BCUT2D eigenvalue weighted by Gasteiger charge is 2.24. The Morgan fingerprint density at radius 2 is 1.76 bits per heavy atom. The van der Waals surface area contributed by atoms with Crippen LogP contribution in [-0.4, -0.2) is 44.6 Å². The van der Waals surface area contributed by atoms with Crippen LogP contribution in [0.2, 0.25) is 0 Å². The first kappa shape index (κ1) is 26.1. The smallest absolute Gasteiger partial charge is 0.267 e. The minimum absolute atomic E-state index is 0.0618. The topological polar surface area (TPSA) is 146 Å². The maximum atomic E-state index is 13.8. The van der Waals surface area contributed by atoms with Gasteiger partial charge >= 0.3 is 0 Å². The van der Waals surface area contributed by atoms with E-state index in [1.54, 1.807) is 42.5 Å². The van der Waals surface area contributed by atoms with Gasteiger partial charge in [0.2, 0.25) is 5.88 Å². The SMILES string of the molecule is COc1ncc2cc1S(=O)(=O)Nc1cccc(c1)OCCNC(=O)c1c(-c3ccccc3)c(N)nc3ccc-2cc13. The molecule has 10 nitrogen and oxygen atoms in total. The highest BCUT2D eigenvalue weighted by molar-refractivity contribution is 7.92. The molecule has 11 heteroatoms. The Kier molecular flexibility index (Phi) is 6.64. The van der Waals surface area contributed by atoms with Crippen LogP contribution in [0, 0.1) is 0 Å². The molecule has 0 spiro atoms. The summed E-state index contributed by atoms with van der Waals surface area (Å²) in [6.45, 7) is 0.333. The van der Waals surface area contributed by atoms with E-state index >= 15 is 0 Å². The lowest BCUT2D eigenvalue weighted by atomic mass is 9.94. The molecule has 0 saturated carbocycles. The van der Waals surface area contributed by atoms with Crippen molar-refractivity contribution in [2.75, 3.05) is 30.7 Å². The number of nitrogens with one attached hydrogen (secondary N) is 2. The maximum Gasteiger partial charge on any atom is 0.267 e. The lowest BCUT2D eigenvalue weighted by Gasteiger charge is -2.17. The number of nitrogens with zero attached hydrogens (tertiary/aromatic N) is 2. The van der Waals surface area contributed by atoms with Gasteiger partial charge in [0.05, 0.1) is 30.4 Å². The minimum atomic E-state index is -4.11. The summed E-state index contributed by atoms with van der Waals surface area (Å²) in [5.41, 5.74) is 9.95. The third-order valence-electron chi connectivity index (χ3n) is 6.68. The third kappa shape index (κ3) is 4.98. The Balaban J connectivity index is 1.61. The normalized spacial score (nSPS) is 14.4. The standard InChI is InChI=1S/C30H25N5O5S/c1-39-30-25-15-20(17-33-30)19-10-11-24-23(14-19)27(26(28(31)34-24)18-6-3-2-4-7-18)29(36)32-12-13-40-22-9-5-8-21(16-22)35-41(25,37)38/h2-11,14-17,35H,12-13H2,1H3,(H2,31,34)(H,32,36). The van der Waals surface area contributed by atoms with Gasteiger partial charge in [-0.05, 0) is 41.5 Å². The van der Waals surface area contributed by atoms with Gasteiger partial charge in [0.15, 0.2) is 0 Å². The Morgan fingerprint density at radius 3 is 2.56 bits per heavy atom. The Morgan fingerprint density at radius 1 is 0.927 bits per heavy atom. The Hall–Kier alpha value is -5.16. The van der Waals surface area contributed by atoms with E-state index in [-0.39, 0.29) is 35.7 Å². The quantitative estimate of drug-likeness (QED) is 0.283. The first-order valence-electron chi connectivity index (χ1n) is 12.7. The van der Waals surface area contributed by atoms with E-state index in [0.717, 1.165) is 5.56 Å². The van der Waals surface area contributed by atoms with Crippen molar-refractivity contribution < 1.29 is 22.7 Å². The van der Waals surface area contributed by atoms with Gasteiger partial charge < -0.3 is 20.5 Å². The van der Waals surface area contributed by atoms with Crippen LogP contribution in [0.4, 0.5) is 11.5 Å². The molecular weight excluding hydrogens is 542 g/mol. The zero-order valence-electron chi connectivity index (χ0n) is 21.9. The molecule has 41 heavy (non-hydrogen) atoms. The molecule has 3 heterocycles. The molecule has 0 saturated heterocycles. The number of fused-ring (bicyclic) bond motifs is 6. The third-order valence-corrected chi connectivity index (χ3v) is 8.06. The highest BCUT2D eigenvalue weighted by Crippen LogP contribution is 2.37. The lowest BCUT2D eigenvalue weighted by molar-refractivity contribution is 0.0949. The van der Waals surface area contributed by atoms with E-state index < -0.39 is 10.0 Å². The monoisotopic (exact) mass is 567 g/mol. The number of benzene rings is 3. The van der Waals surface area contributed by atoms with Gasteiger partial charge in [-0.1, -0.05) is 42.5 Å². The fraction of sp³-hybridized carbons (Fsp3) is 0.100. The second kappa shape index (κ2) is 10.4. The summed E-state index contributed by atoms with van der Waals surface area (Å²) in [7, 11) is -2.75. The molecule has 2 aromatic heterocycles. The number of nitrogen functional groups attached to an aromatic ring is 1. The van der Waals surface area contributed by atoms with Crippen LogP contribution in [-0.2, 0) is 10.0 Å². The zero-order valence-corrected chi connectivity index (χ0v) is 22.7. The van der Waals surface area contributed by atoms with Crippen LogP contribution in [0.1, 0.15) is 10.4 Å². The largest absolute Gasteiger partial charge is 0.492 e. The van der Waals surface area contributed by atoms with Crippen LogP contribution in [0.3, 0.4) is 0 Å². The number of carbonyl (C=O) groups excluding carboxylic acids is 1. The Bertz CT molecular complexity index is 1910. The number of amides is 1. The number of methoxy groups -OCH3 is 1. The molecule has 0 unspecified atom stereocenters. The molecular formula is C30H25N5O5S. The van der Waals surface area contributed by atoms with Gasteiger partial charge in [0.25, 0.3) is 15.9 Å². The second-order valence-corrected chi connectivity index (χ2v) is 11.0. The van der Waals surface area contributed by atoms with Gasteiger partial charge in [0, 0.05) is 28.8 Å². The average molecular weight is 568 g/mol. The molecule has 5 aromatic rings. The van der Waals surface area contributed by atoms with Crippen molar-refractivity contribution in [3.8, 4) is 33.9 Å². The van der Waals surface area contributed by atoms with Gasteiger partial charge in [0.1, 0.15) is 23.1 Å². The summed E-state index contributed by atoms with van der Waals surface area (Å²) in [5.74, 6) is 0.230. The van der Waals surface area contributed by atoms with Crippen LogP contribution >= 0.6 is 0 Å². The summed E-state index contributed by atoms with van der Waals surface area (Å²) >= 11 is 0. The molecule has 1 aliphatic rings. The summed E-state index contributed by atoms with van der Waals surface area (Å²) in [6.07, 6.45) is 1.52. The number of rotatable bonds is 2. The fourth-order valence-electron chi connectivity index (χ4n) is 4.81. The van der Waals surface area contributed by atoms with Gasteiger partial charge in [-0.25, -0.2) is 18.4 Å². The molecule has 1 aliphatic heterocycles. The number of carbonyl (C=O) groups is 1. The highest BCUT2D eigenvalue weighted by atomic mass is 32.2. The molecule has 6 rings (SSSR count). The lowest BCUT2D eigenvalue weighted by Crippen LogP contribution is -2.29. The number of anilines is 2. The molecule has 206 valence electrons. The first-order chi connectivity index (χ1) is 19.8. The first-order valence-corrected chi connectivity index (χ1v) is 14.2. The molecule has 1 amide bonds. The number of pyridine rings is 2. The summed E-state index contributed by atoms with van der Waals surface area (Å²) in [6, 6.07) is 22.6. The minimum Gasteiger partial charge on any atom is -0.492 e. The van der Waals surface area contributed by atoms with Crippen LogP contribution in [0.5, 0.6) is 11.6 Å². The summed E-state index contributed by atoms with van der Waals surface area (Å²) in [4.78, 5) is 22.5. The van der Waals surface area contributed by atoms with E-state index in [0.29, 0.717) is 44.6 Å². The zero-order chi connectivity index (χ0) is 28.6. The van der Waals surface area contributed by atoms with E-state index in [1.807, 2.05) is 30.3 Å². The van der Waals surface area contributed by atoms with E-state index in [9.17, 15) is 13.2 Å². The van der Waals surface area contributed by atoms with Gasteiger partial charge in [-0.15, -0.1) is 0 Å². The molecule has 0 aliphatic carbocycles. The molecule has 0 atom stereocenters. The van der Waals surface area contributed by atoms with Crippen molar-refractivity contribution in [1.82, 2.24) is 15.3 Å². The van der Waals surface area contributed by atoms with Gasteiger partial charge in [-0.3, -0.25) is 9.52 Å². The Labute approximate surface area is 236 Å². The van der Waals surface area contributed by atoms with E-state index in [4.69, 9.17) is 15.2 Å². The predicted molar refractivity (Wildman–Crippen MR) is 156 cm³/mol. The van der Waals surface area contributed by atoms with Gasteiger partial charge in [-0.2, -0.15) is 0 Å². The number of ether oxygens (including phenoxy) is 2. The van der Waals surface area contributed by atoms with Crippen molar-refractivity contribution in [2.45, 2.75) is 4.90 Å². The average Bonchev–Trinajstić information content (AvgIpc) is 2.98. The number of hydrogen-bond donors (Lipinski definition) is 3. The predicted octanol–water partition coefficient (Wildman–Crippen LogP) is 4.48. The maximum absolute atomic E-state index is 13.8. The fourth-order valence-corrected chi connectivity index (χ4v) is 6.01. The number of nitrogens with two attached hydrogens (primary N) is 1.